The summed E-state index contributed by atoms with van der Waals surface area (Å²) >= 11 is 0. The van der Waals surface area contributed by atoms with E-state index in [1.165, 1.54) is 32.1 Å². The van der Waals surface area contributed by atoms with Gasteiger partial charge in [0, 0.05) is 0 Å². The quantitative estimate of drug-likeness (QED) is 0.503. The van der Waals surface area contributed by atoms with Gasteiger partial charge in [-0.3, -0.25) is 0 Å². The molecule has 0 aliphatic heterocycles. The summed E-state index contributed by atoms with van der Waals surface area (Å²) in [6.45, 7) is 7.20. The lowest BCUT2D eigenvalue weighted by molar-refractivity contribution is 0.255. The van der Waals surface area contributed by atoms with Crippen molar-refractivity contribution in [2.45, 2.75) is 52.9 Å². The van der Waals surface area contributed by atoms with Crippen LogP contribution in [-0.2, 0) is 0 Å². The maximum Gasteiger partial charge on any atom is -0.0365 e. The van der Waals surface area contributed by atoms with Crippen LogP contribution < -0.4 is 0 Å². The zero-order valence-corrected chi connectivity index (χ0v) is 8.27. The minimum absolute atomic E-state index is 0.906. The van der Waals surface area contributed by atoms with Crippen LogP contribution in [0.4, 0.5) is 0 Å². The summed E-state index contributed by atoms with van der Waals surface area (Å²) in [5.41, 5.74) is 0. The largest absolute Gasteiger partial charge is 0.0625 e. The third kappa shape index (κ3) is 2.50. The van der Waals surface area contributed by atoms with Crippen LogP contribution in [0, 0.1) is 17.8 Å². The first-order chi connectivity index (χ1) is 5.22. The Morgan fingerprint density at radius 1 is 1.00 bits per heavy atom. The molecule has 2 atom stereocenters. The number of hydrogen-bond donors (Lipinski definition) is 0. The summed E-state index contributed by atoms with van der Waals surface area (Å²) in [7, 11) is 0. The highest BCUT2D eigenvalue weighted by Gasteiger charge is 2.21. The van der Waals surface area contributed by atoms with Crippen molar-refractivity contribution in [1.29, 1.82) is 0 Å². The Balaban J connectivity index is 2.45. The van der Waals surface area contributed by atoms with E-state index in [4.69, 9.17) is 0 Å². The van der Waals surface area contributed by atoms with Crippen LogP contribution in [0.3, 0.4) is 0 Å². The Labute approximate surface area is 71.4 Å². The van der Waals surface area contributed by atoms with Crippen LogP contribution in [0.2, 0.25) is 0 Å². The lowest BCUT2D eigenvalue weighted by Crippen LogP contribution is -2.16. The second kappa shape index (κ2) is 4.13. The summed E-state index contributed by atoms with van der Waals surface area (Å²) < 4.78 is 0. The van der Waals surface area contributed by atoms with Crippen LogP contribution in [-0.4, -0.2) is 0 Å². The van der Waals surface area contributed by atoms with Gasteiger partial charge in [-0.25, -0.2) is 0 Å². The molecule has 0 aromatic heterocycles. The molecule has 0 heteroatoms. The minimum atomic E-state index is 0.906. The maximum absolute atomic E-state index is 2.44. The first kappa shape index (κ1) is 9.09. The molecule has 0 heterocycles. The van der Waals surface area contributed by atoms with Crippen molar-refractivity contribution in [3.05, 3.63) is 0 Å². The van der Waals surface area contributed by atoms with E-state index in [0.717, 1.165) is 17.8 Å². The van der Waals surface area contributed by atoms with Gasteiger partial charge in [-0.2, -0.15) is 0 Å². The lowest BCUT2D eigenvalue weighted by Gasteiger charge is -2.24. The van der Waals surface area contributed by atoms with Gasteiger partial charge in [0.15, 0.2) is 0 Å². The van der Waals surface area contributed by atoms with E-state index in [2.05, 4.69) is 20.8 Å². The Morgan fingerprint density at radius 2 is 1.64 bits per heavy atom. The monoisotopic (exact) mass is 154 g/mol. The fourth-order valence-corrected chi connectivity index (χ4v) is 2.51. The van der Waals surface area contributed by atoms with Crippen molar-refractivity contribution in [2.75, 3.05) is 0 Å². The predicted octanol–water partition coefficient (Wildman–Crippen LogP) is 3.86. The fourth-order valence-electron chi connectivity index (χ4n) is 2.51. The normalized spacial score (nSPS) is 33.8. The second-order valence-corrected chi connectivity index (χ2v) is 4.52. The molecule has 0 aromatic rings. The molecular weight excluding hydrogens is 132 g/mol. The molecule has 0 nitrogen and oxygen atoms in total. The number of hydrogen-bond acceptors (Lipinski definition) is 0. The second-order valence-electron chi connectivity index (χ2n) is 4.52. The molecule has 1 rings (SSSR count). The predicted molar refractivity (Wildman–Crippen MR) is 50.6 cm³/mol. The van der Waals surface area contributed by atoms with Gasteiger partial charge in [-0.05, 0) is 24.2 Å². The zero-order valence-electron chi connectivity index (χ0n) is 8.27. The highest BCUT2D eigenvalue weighted by Crippen LogP contribution is 2.33. The number of rotatable bonds is 1. The van der Waals surface area contributed by atoms with E-state index >= 15 is 0 Å². The summed E-state index contributed by atoms with van der Waals surface area (Å²) in [5, 5.41) is 0. The molecule has 0 amide bonds. The van der Waals surface area contributed by atoms with Crippen molar-refractivity contribution in [1.82, 2.24) is 0 Å². The van der Waals surface area contributed by atoms with Gasteiger partial charge < -0.3 is 0 Å². The molecule has 0 aromatic carbocycles. The van der Waals surface area contributed by atoms with Crippen LogP contribution in [0.1, 0.15) is 52.9 Å². The van der Waals surface area contributed by atoms with Crippen molar-refractivity contribution >= 4 is 0 Å². The third-order valence-electron chi connectivity index (χ3n) is 3.28. The minimum Gasteiger partial charge on any atom is -0.0625 e. The van der Waals surface area contributed by atoms with Gasteiger partial charge in [-0.1, -0.05) is 46.5 Å². The molecule has 1 aliphatic carbocycles. The molecule has 0 radical (unpaired) electrons. The summed E-state index contributed by atoms with van der Waals surface area (Å²) in [6.07, 6.45) is 7.40. The van der Waals surface area contributed by atoms with Gasteiger partial charge in [0.25, 0.3) is 0 Å². The Hall–Kier alpha value is 0. The molecule has 0 spiro atoms. The molecule has 1 fully saturated rings. The summed E-state index contributed by atoms with van der Waals surface area (Å²) in [6, 6.07) is 0. The van der Waals surface area contributed by atoms with E-state index in [1.807, 2.05) is 0 Å². The molecule has 1 aliphatic rings. The van der Waals surface area contributed by atoms with E-state index in [9.17, 15) is 0 Å². The molecule has 0 saturated heterocycles. The molecular formula is C11H22. The van der Waals surface area contributed by atoms with Crippen molar-refractivity contribution in [3.8, 4) is 0 Å². The van der Waals surface area contributed by atoms with Crippen molar-refractivity contribution < 1.29 is 0 Å². The zero-order chi connectivity index (χ0) is 8.27. The van der Waals surface area contributed by atoms with E-state index in [1.54, 1.807) is 0 Å². The lowest BCUT2D eigenvalue weighted by atomic mass is 9.81. The van der Waals surface area contributed by atoms with Crippen LogP contribution in [0.15, 0.2) is 0 Å². The SMILES string of the molecule is CC(C)C1CCCCCC1C. The Bertz CT molecular complexity index is 105. The van der Waals surface area contributed by atoms with E-state index in [0.29, 0.717) is 0 Å². The first-order valence-electron chi connectivity index (χ1n) is 5.22. The smallest absolute Gasteiger partial charge is 0.0365 e. The highest BCUT2D eigenvalue weighted by molar-refractivity contribution is 4.72. The Kier molecular flexibility index (Phi) is 3.42. The first-order valence-corrected chi connectivity index (χ1v) is 5.22. The van der Waals surface area contributed by atoms with Crippen LogP contribution >= 0.6 is 0 Å². The van der Waals surface area contributed by atoms with E-state index in [-0.39, 0.29) is 0 Å². The van der Waals surface area contributed by atoms with Gasteiger partial charge in [-0.15, -0.1) is 0 Å². The molecule has 0 bridgehead atoms. The van der Waals surface area contributed by atoms with Gasteiger partial charge in [0.05, 0.1) is 0 Å². The third-order valence-corrected chi connectivity index (χ3v) is 3.28. The van der Waals surface area contributed by atoms with Gasteiger partial charge in [0.2, 0.25) is 0 Å². The van der Waals surface area contributed by atoms with Gasteiger partial charge in [0.1, 0.15) is 0 Å². The Morgan fingerprint density at radius 3 is 2.27 bits per heavy atom. The van der Waals surface area contributed by atoms with Crippen molar-refractivity contribution in [3.63, 3.8) is 0 Å². The standard InChI is InChI=1S/C11H22/c1-9(2)11-8-6-4-5-7-10(11)3/h9-11H,4-8H2,1-3H3. The maximum atomic E-state index is 2.44. The highest BCUT2D eigenvalue weighted by atomic mass is 14.3. The topological polar surface area (TPSA) is 0 Å². The summed E-state index contributed by atoms with van der Waals surface area (Å²) in [4.78, 5) is 0. The fraction of sp³-hybridized carbons (Fsp3) is 1.00. The average molecular weight is 154 g/mol. The molecule has 1 saturated carbocycles. The molecule has 2 unspecified atom stereocenters. The van der Waals surface area contributed by atoms with Crippen LogP contribution in [0.5, 0.6) is 0 Å². The van der Waals surface area contributed by atoms with Crippen molar-refractivity contribution in [2.24, 2.45) is 17.8 Å². The molecule has 11 heavy (non-hydrogen) atoms. The molecule has 66 valence electrons. The average Bonchev–Trinajstić information content (AvgIpc) is 2.13. The molecule has 0 N–H and O–H groups in total. The van der Waals surface area contributed by atoms with Crippen LogP contribution in [0.25, 0.3) is 0 Å². The van der Waals surface area contributed by atoms with Gasteiger partial charge >= 0.3 is 0 Å². The summed E-state index contributed by atoms with van der Waals surface area (Å²) in [5.74, 6) is 2.90. The van der Waals surface area contributed by atoms with E-state index < -0.39 is 0 Å².